The molecule has 0 saturated carbocycles. The summed E-state index contributed by atoms with van der Waals surface area (Å²) in [6, 6.07) is 7.20. The smallest absolute Gasteiger partial charge is 0.329 e. The Morgan fingerprint density at radius 2 is 1.62 bits per heavy atom. The monoisotopic (exact) mass is 398 g/mol. The van der Waals surface area contributed by atoms with Gasteiger partial charge in [-0.3, -0.25) is 0 Å². The van der Waals surface area contributed by atoms with Crippen molar-refractivity contribution < 1.29 is 14.2 Å². The number of hydrogen-bond acceptors (Lipinski definition) is 9. The van der Waals surface area contributed by atoms with Gasteiger partial charge in [-0.25, -0.2) is 19.4 Å². The number of benzene rings is 1. The average molecular weight is 398 g/mol. The summed E-state index contributed by atoms with van der Waals surface area (Å²) in [6.07, 6.45) is 0. The molecule has 0 fully saturated rings. The molecule has 0 aliphatic carbocycles. The standard InChI is InChI=1S/C20H26N6O3/c1-11(2)14(19(27)28-20(4,5)6)22-16-15(21-13-9-7-12(3)8-10-13)23-17-18(24-16)26-29-25-17/h7-11,14H,1-6H3,(H,21,23,25)(H,22,24,26)/t14-/m0/s1. The fraction of sp³-hybridized carbons (Fsp3) is 0.450. The molecule has 1 aromatic carbocycles. The first kappa shape index (κ1) is 20.5. The topological polar surface area (TPSA) is 115 Å². The summed E-state index contributed by atoms with van der Waals surface area (Å²) in [5, 5.41) is 13.9. The number of aromatic nitrogens is 4. The van der Waals surface area contributed by atoms with Crippen LogP contribution in [0.15, 0.2) is 28.9 Å². The van der Waals surface area contributed by atoms with Crippen LogP contribution in [0.4, 0.5) is 17.3 Å². The Bertz CT molecular complexity index is 992. The van der Waals surface area contributed by atoms with Gasteiger partial charge in [0.25, 0.3) is 0 Å². The van der Waals surface area contributed by atoms with Gasteiger partial charge in [-0.05, 0) is 56.1 Å². The van der Waals surface area contributed by atoms with Crippen LogP contribution < -0.4 is 10.6 Å². The minimum absolute atomic E-state index is 0.0509. The molecule has 29 heavy (non-hydrogen) atoms. The van der Waals surface area contributed by atoms with Crippen molar-refractivity contribution in [2.75, 3.05) is 10.6 Å². The summed E-state index contributed by atoms with van der Waals surface area (Å²) >= 11 is 0. The Labute approximate surface area is 169 Å². The Morgan fingerprint density at radius 3 is 2.17 bits per heavy atom. The second-order valence-corrected chi connectivity index (χ2v) is 8.22. The van der Waals surface area contributed by atoms with E-state index in [1.54, 1.807) is 0 Å². The minimum atomic E-state index is -0.626. The molecule has 2 aromatic heterocycles. The van der Waals surface area contributed by atoms with Crippen molar-refractivity contribution in [3.63, 3.8) is 0 Å². The normalized spacial score (nSPS) is 12.8. The lowest BCUT2D eigenvalue weighted by Gasteiger charge is -2.27. The van der Waals surface area contributed by atoms with Gasteiger partial charge in [-0.2, -0.15) is 0 Å². The summed E-state index contributed by atoms with van der Waals surface area (Å²) in [7, 11) is 0. The van der Waals surface area contributed by atoms with Gasteiger partial charge in [0, 0.05) is 5.69 Å². The van der Waals surface area contributed by atoms with Crippen molar-refractivity contribution in [2.45, 2.75) is 53.2 Å². The molecule has 154 valence electrons. The van der Waals surface area contributed by atoms with Gasteiger partial charge in [0.05, 0.1) is 0 Å². The van der Waals surface area contributed by atoms with Gasteiger partial charge in [0.1, 0.15) is 11.6 Å². The summed E-state index contributed by atoms with van der Waals surface area (Å²) in [5.41, 5.74) is 1.88. The van der Waals surface area contributed by atoms with Gasteiger partial charge in [0.15, 0.2) is 11.6 Å². The molecule has 0 unspecified atom stereocenters. The van der Waals surface area contributed by atoms with Gasteiger partial charge in [0.2, 0.25) is 11.3 Å². The van der Waals surface area contributed by atoms with Crippen LogP contribution in [-0.4, -0.2) is 37.9 Å². The maximum atomic E-state index is 12.7. The molecule has 2 N–H and O–H groups in total. The maximum absolute atomic E-state index is 12.7. The maximum Gasteiger partial charge on any atom is 0.329 e. The van der Waals surface area contributed by atoms with Crippen molar-refractivity contribution >= 4 is 34.6 Å². The molecule has 1 atom stereocenters. The quantitative estimate of drug-likeness (QED) is 0.597. The van der Waals surface area contributed by atoms with Gasteiger partial charge in [-0.1, -0.05) is 31.5 Å². The minimum Gasteiger partial charge on any atom is -0.458 e. The van der Waals surface area contributed by atoms with E-state index in [0.717, 1.165) is 11.3 Å². The van der Waals surface area contributed by atoms with Crippen LogP contribution >= 0.6 is 0 Å². The third-order valence-corrected chi connectivity index (χ3v) is 4.05. The third-order valence-electron chi connectivity index (χ3n) is 4.05. The summed E-state index contributed by atoms with van der Waals surface area (Å²) in [5.74, 6) is 0.351. The van der Waals surface area contributed by atoms with Crippen molar-refractivity contribution in [3.8, 4) is 0 Å². The molecule has 3 rings (SSSR count). The van der Waals surface area contributed by atoms with Crippen molar-refractivity contribution in [2.24, 2.45) is 5.92 Å². The first-order valence-corrected chi connectivity index (χ1v) is 9.46. The molecule has 9 nitrogen and oxygen atoms in total. The Balaban J connectivity index is 1.95. The highest BCUT2D eigenvalue weighted by Gasteiger charge is 2.29. The van der Waals surface area contributed by atoms with Gasteiger partial charge < -0.3 is 15.4 Å². The molecule has 0 spiro atoms. The van der Waals surface area contributed by atoms with E-state index < -0.39 is 11.6 Å². The number of nitrogens with zero attached hydrogens (tertiary/aromatic N) is 4. The van der Waals surface area contributed by atoms with Crippen LogP contribution in [0.2, 0.25) is 0 Å². The first-order chi connectivity index (χ1) is 13.6. The molecule has 0 aliphatic rings. The fourth-order valence-corrected chi connectivity index (χ4v) is 2.61. The number of carbonyl (C=O) groups is 1. The highest BCUT2D eigenvalue weighted by atomic mass is 16.6. The van der Waals surface area contributed by atoms with E-state index in [0.29, 0.717) is 11.6 Å². The van der Waals surface area contributed by atoms with Crippen molar-refractivity contribution in [3.05, 3.63) is 29.8 Å². The number of rotatable bonds is 6. The molecule has 0 radical (unpaired) electrons. The molecule has 0 bridgehead atoms. The molecule has 0 amide bonds. The zero-order valence-corrected chi connectivity index (χ0v) is 17.5. The first-order valence-electron chi connectivity index (χ1n) is 9.46. The Morgan fingerprint density at radius 1 is 1.03 bits per heavy atom. The molecule has 2 heterocycles. The Hall–Kier alpha value is -3.23. The SMILES string of the molecule is Cc1ccc(Nc2nc3nonc3nc2N[C@H](C(=O)OC(C)(C)C)C(C)C)cc1. The van der Waals surface area contributed by atoms with E-state index in [1.165, 1.54) is 0 Å². The lowest BCUT2D eigenvalue weighted by atomic mass is 10.0. The number of ether oxygens (including phenoxy) is 1. The van der Waals surface area contributed by atoms with Crippen molar-refractivity contribution in [1.29, 1.82) is 0 Å². The van der Waals surface area contributed by atoms with Crippen LogP contribution in [-0.2, 0) is 9.53 Å². The van der Waals surface area contributed by atoms with Crippen LogP contribution in [0.3, 0.4) is 0 Å². The second kappa shape index (κ2) is 8.02. The zero-order chi connectivity index (χ0) is 21.2. The van der Waals surface area contributed by atoms with Crippen molar-refractivity contribution in [1.82, 2.24) is 20.3 Å². The lowest BCUT2D eigenvalue weighted by Crippen LogP contribution is -2.40. The molecule has 3 aromatic rings. The lowest BCUT2D eigenvalue weighted by molar-refractivity contribution is -0.156. The number of fused-ring (bicyclic) bond motifs is 1. The van der Waals surface area contributed by atoms with E-state index in [4.69, 9.17) is 9.37 Å². The predicted octanol–water partition coefficient (Wildman–Crippen LogP) is 3.84. The van der Waals surface area contributed by atoms with E-state index in [1.807, 2.05) is 65.8 Å². The number of aryl methyl sites for hydroxylation is 1. The van der Waals surface area contributed by atoms with Gasteiger partial charge >= 0.3 is 5.97 Å². The van der Waals surface area contributed by atoms with E-state index >= 15 is 0 Å². The van der Waals surface area contributed by atoms with E-state index in [2.05, 4.69) is 30.9 Å². The summed E-state index contributed by atoms with van der Waals surface area (Å²) in [6.45, 7) is 11.4. The molecule has 0 saturated heterocycles. The summed E-state index contributed by atoms with van der Waals surface area (Å²) in [4.78, 5) is 21.6. The van der Waals surface area contributed by atoms with Crippen LogP contribution in [0, 0.1) is 12.8 Å². The van der Waals surface area contributed by atoms with Crippen LogP contribution in [0.1, 0.15) is 40.2 Å². The van der Waals surface area contributed by atoms with E-state index in [9.17, 15) is 4.79 Å². The highest BCUT2D eigenvalue weighted by Crippen LogP contribution is 2.26. The van der Waals surface area contributed by atoms with Gasteiger partial charge in [-0.15, -0.1) is 0 Å². The largest absolute Gasteiger partial charge is 0.458 e. The molecule has 0 aliphatic heterocycles. The van der Waals surface area contributed by atoms with Crippen LogP contribution in [0.5, 0.6) is 0 Å². The Kier molecular flexibility index (Phi) is 5.67. The fourth-order valence-electron chi connectivity index (χ4n) is 2.61. The predicted molar refractivity (Wildman–Crippen MR) is 110 cm³/mol. The number of anilines is 3. The number of hydrogen-bond donors (Lipinski definition) is 2. The number of nitrogens with one attached hydrogen (secondary N) is 2. The average Bonchev–Trinajstić information content (AvgIpc) is 3.06. The molecular weight excluding hydrogens is 372 g/mol. The van der Waals surface area contributed by atoms with E-state index in [-0.39, 0.29) is 23.2 Å². The zero-order valence-electron chi connectivity index (χ0n) is 17.5. The summed E-state index contributed by atoms with van der Waals surface area (Å²) < 4.78 is 10.3. The highest BCUT2D eigenvalue weighted by molar-refractivity contribution is 5.83. The van der Waals surface area contributed by atoms with Crippen LogP contribution in [0.25, 0.3) is 11.3 Å². The third kappa shape index (κ3) is 5.18. The molecular formula is C20H26N6O3. The molecule has 9 heteroatoms. The second-order valence-electron chi connectivity index (χ2n) is 8.22. The number of esters is 1. The number of carbonyl (C=O) groups excluding carboxylic acids is 1.